The summed E-state index contributed by atoms with van der Waals surface area (Å²) >= 11 is 0. The number of nitrogens with zero attached hydrogens (tertiary/aromatic N) is 6. The Kier molecular flexibility index (Phi) is 4.57. The number of anilines is 1. The second kappa shape index (κ2) is 7.18. The summed E-state index contributed by atoms with van der Waals surface area (Å²) in [6, 6.07) is 7.44. The van der Waals surface area contributed by atoms with Crippen LogP contribution in [0, 0.1) is 0 Å². The first-order valence-electron chi connectivity index (χ1n) is 9.03. The van der Waals surface area contributed by atoms with Crippen molar-refractivity contribution in [1.82, 2.24) is 29.7 Å². The second-order valence-corrected chi connectivity index (χ2v) is 6.67. The lowest BCUT2D eigenvalue weighted by Crippen LogP contribution is -2.37. The van der Waals surface area contributed by atoms with Gasteiger partial charge in [-0.25, -0.2) is 4.68 Å². The van der Waals surface area contributed by atoms with Crippen LogP contribution in [0.1, 0.15) is 29.8 Å². The van der Waals surface area contributed by atoms with E-state index in [1.807, 2.05) is 29.2 Å². The maximum absolute atomic E-state index is 12.9. The molecule has 27 heavy (non-hydrogen) atoms. The molecule has 0 radical (unpaired) electrons. The summed E-state index contributed by atoms with van der Waals surface area (Å²) in [6.07, 6.45) is 4.66. The van der Waals surface area contributed by atoms with E-state index in [4.69, 9.17) is 0 Å². The Morgan fingerprint density at radius 1 is 1.15 bits per heavy atom. The Labute approximate surface area is 155 Å². The Morgan fingerprint density at radius 3 is 2.74 bits per heavy atom. The van der Waals surface area contributed by atoms with Gasteiger partial charge in [0, 0.05) is 20.1 Å². The zero-order valence-electron chi connectivity index (χ0n) is 15.1. The molecule has 3 heterocycles. The molecule has 0 bridgehead atoms. The van der Waals surface area contributed by atoms with E-state index in [2.05, 4.69) is 20.7 Å². The highest BCUT2D eigenvalue weighted by Gasteiger charge is 2.25. The molecule has 1 fully saturated rings. The van der Waals surface area contributed by atoms with E-state index in [0.717, 1.165) is 43.4 Å². The predicted molar refractivity (Wildman–Crippen MR) is 99.1 cm³/mol. The van der Waals surface area contributed by atoms with Crippen molar-refractivity contribution in [2.24, 2.45) is 7.05 Å². The lowest BCUT2D eigenvalue weighted by atomic mass is 10.1. The molecule has 1 aliphatic rings. The van der Waals surface area contributed by atoms with Gasteiger partial charge in [-0.2, -0.15) is 5.10 Å². The number of piperidine rings is 1. The van der Waals surface area contributed by atoms with Gasteiger partial charge in [-0.05, 0) is 31.4 Å². The highest BCUT2D eigenvalue weighted by Crippen LogP contribution is 2.20. The van der Waals surface area contributed by atoms with Crippen LogP contribution in [0.2, 0.25) is 0 Å². The van der Waals surface area contributed by atoms with Gasteiger partial charge >= 0.3 is 0 Å². The number of carbonyl (C=O) groups excluding carboxylic acids is 2. The van der Waals surface area contributed by atoms with Crippen molar-refractivity contribution in [1.29, 1.82) is 0 Å². The summed E-state index contributed by atoms with van der Waals surface area (Å²) in [7, 11) is 1.71. The first kappa shape index (κ1) is 17.2. The van der Waals surface area contributed by atoms with Crippen molar-refractivity contribution in [3.63, 3.8) is 0 Å². The average Bonchev–Trinajstić information content (AvgIpc) is 3.26. The summed E-state index contributed by atoms with van der Waals surface area (Å²) < 4.78 is 3.05. The van der Waals surface area contributed by atoms with Crippen molar-refractivity contribution in [3.8, 4) is 0 Å². The molecular weight excluding hydrogens is 346 g/mol. The molecule has 0 aliphatic carbocycles. The van der Waals surface area contributed by atoms with Crippen LogP contribution in [-0.2, 0) is 18.4 Å². The Hall–Kier alpha value is -3.23. The molecule has 3 aromatic rings. The summed E-state index contributed by atoms with van der Waals surface area (Å²) in [5.74, 6) is -0.387. The van der Waals surface area contributed by atoms with Gasteiger partial charge in [0.2, 0.25) is 5.91 Å². The van der Waals surface area contributed by atoms with Crippen LogP contribution < -0.4 is 5.32 Å². The van der Waals surface area contributed by atoms with Gasteiger partial charge in [0.25, 0.3) is 5.91 Å². The van der Waals surface area contributed by atoms with E-state index < -0.39 is 0 Å². The molecule has 9 nitrogen and oxygen atoms in total. The normalized spacial score (nSPS) is 14.5. The molecule has 1 saturated heterocycles. The van der Waals surface area contributed by atoms with E-state index in [1.165, 1.54) is 15.6 Å². The number of nitrogens with one attached hydrogen (secondary N) is 1. The molecule has 0 unspecified atom stereocenters. The number of hydrogen-bond acceptors (Lipinski definition) is 5. The molecule has 2 amide bonds. The number of fused-ring (bicyclic) bond motifs is 1. The van der Waals surface area contributed by atoms with Gasteiger partial charge < -0.3 is 10.2 Å². The molecular formula is C18H21N7O2. The minimum Gasteiger partial charge on any atom is -0.337 e. The molecule has 9 heteroatoms. The van der Waals surface area contributed by atoms with Crippen LogP contribution in [0.5, 0.6) is 0 Å². The molecule has 140 valence electrons. The minimum absolute atomic E-state index is 0.00670. The van der Waals surface area contributed by atoms with Crippen LogP contribution >= 0.6 is 0 Å². The van der Waals surface area contributed by atoms with Gasteiger partial charge in [0.05, 0.1) is 17.4 Å². The first-order chi connectivity index (χ1) is 13.1. The number of amides is 2. The third-order valence-electron chi connectivity index (χ3n) is 4.77. The number of para-hydroxylation sites is 1. The van der Waals surface area contributed by atoms with Crippen molar-refractivity contribution in [2.75, 3.05) is 18.4 Å². The fourth-order valence-electron chi connectivity index (χ4n) is 3.39. The molecule has 0 saturated carbocycles. The van der Waals surface area contributed by atoms with Crippen LogP contribution in [-0.4, -0.2) is 54.6 Å². The SMILES string of the molecule is Cn1ncc(NC(=O)Cn2nnc3ccccc32)c1C(=O)N1CCCCC1. The van der Waals surface area contributed by atoms with Gasteiger partial charge in [0.1, 0.15) is 17.8 Å². The number of aryl methyl sites for hydroxylation is 1. The Balaban J connectivity index is 1.51. The van der Waals surface area contributed by atoms with Gasteiger partial charge in [0.15, 0.2) is 0 Å². The minimum atomic E-state index is -0.286. The van der Waals surface area contributed by atoms with E-state index in [0.29, 0.717) is 11.4 Å². The second-order valence-electron chi connectivity index (χ2n) is 6.67. The number of likely N-dealkylation sites (tertiary alicyclic amines) is 1. The average molecular weight is 367 g/mol. The Morgan fingerprint density at radius 2 is 1.93 bits per heavy atom. The predicted octanol–water partition coefficient (Wildman–Crippen LogP) is 1.43. The molecule has 2 aromatic heterocycles. The van der Waals surface area contributed by atoms with E-state index in [-0.39, 0.29) is 18.4 Å². The van der Waals surface area contributed by atoms with Crippen LogP contribution in [0.15, 0.2) is 30.5 Å². The third kappa shape index (κ3) is 3.40. The quantitative estimate of drug-likeness (QED) is 0.752. The molecule has 4 rings (SSSR count). The van der Waals surface area contributed by atoms with Crippen molar-refractivity contribution >= 4 is 28.5 Å². The Bertz CT molecular complexity index is 985. The zero-order valence-corrected chi connectivity index (χ0v) is 15.1. The maximum Gasteiger partial charge on any atom is 0.274 e. The zero-order chi connectivity index (χ0) is 18.8. The standard InChI is InChI=1S/C18H21N7O2/c1-23-17(18(27)24-9-5-2-6-10-24)14(11-19-23)20-16(26)12-25-15-8-4-3-7-13(15)21-22-25/h3-4,7-8,11H,2,5-6,9-10,12H2,1H3,(H,20,26). The third-order valence-corrected chi connectivity index (χ3v) is 4.77. The summed E-state index contributed by atoms with van der Waals surface area (Å²) in [5.41, 5.74) is 2.33. The molecule has 1 aromatic carbocycles. The number of carbonyl (C=O) groups is 2. The highest BCUT2D eigenvalue weighted by atomic mass is 16.2. The van der Waals surface area contributed by atoms with Crippen LogP contribution in [0.4, 0.5) is 5.69 Å². The topological polar surface area (TPSA) is 97.9 Å². The summed E-state index contributed by atoms with van der Waals surface area (Å²) in [5, 5.41) is 15.0. The molecule has 1 N–H and O–H groups in total. The summed E-state index contributed by atoms with van der Waals surface area (Å²) in [6.45, 7) is 1.48. The van der Waals surface area contributed by atoms with Crippen molar-refractivity contribution in [2.45, 2.75) is 25.8 Å². The maximum atomic E-state index is 12.9. The van der Waals surface area contributed by atoms with E-state index in [9.17, 15) is 9.59 Å². The van der Waals surface area contributed by atoms with Crippen LogP contribution in [0.3, 0.4) is 0 Å². The van der Waals surface area contributed by atoms with Crippen LogP contribution in [0.25, 0.3) is 11.0 Å². The molecule has 0 atom stereocenters. The number of benzene rings is 1. The molecule has 0 spiro atoms. The smallest absolute Gasteiger partial charge is 0.274 e. The van der Waals surface area contributed by atoms with Gasteiger partial charge in [-0.15, -0.1) is 5.10 Å². The number of rotatable bonds is 4. The highest BCUT2D eigenvalue weighted by molar-refractivity contribution is 6.02. The van der Waals surface area contributed by atoms with Gasteiger partial charge in [-0.3, -0.25) is 14.3 Å². The van der Waals surface area contributed by atoms with E-state index in [1.54, 1.807) is 7.05 Å². The molecule has 1 aliphatic heterocycles. The largest absolute Gasteiger partial charge is 0.337 e. The fourth-order valence-corrected chi connectivity index (χ4v) is 3.39. The monoisotopic (exact) mass is 367 g/mol. The number of aromatic nitrogens is 5. The first-order valence-corrected chi connectivity index (χ1v) is 9.03. The van der Waals surface area contributed by atoms with Gasteiger partial charge in [-0.1, -0.05) is 17.3 Å². The lowest BCUT2D eigenvalue weighted by molar-refractivity contribution is -0.116. The summed E-state index contributed by atoms with van der Waals surface area (Å²) in [4.78, 5) is 27.2. The number of hydrogen-bond donors (Lipinski definition) is 1. The van der Waals surface area contributed by atoms with Crippen molar-refractivity contribution < 1.29 is 9.59 Å². The fraction of sp³-hybridized carbons (Fsp3) is 0.389. The van der Waals surface area contributed by atoms with E-state index >= 15 is 0 Å². The lowest BCUT2D eigenvalue weighted by Gasteiger charge is -2.27. The van der Waals surface area contributed by atoms with Crippen molar-refractivity contribution in [3.05, 3.63) is 36.2 Å².